The predicted octanol–water partition coefficient (Wildman–Crippen LogP) is 2.56. The molecule has 0 aliphatic heterocycles. The van der Waals surface area contributed by atoms with Gasteiger partial charge in [0.1, 0.15) is 23.6 Å². The van der Waals surface area contributed by atoms with Crippen LogP contribution in [0.5, 0.6) is 11.5 Å². The van der Waals surface area contributed by atoms with Gasteiger partial charge in [-0.05, 0) is 38.4 Å². The minimum atomic E-state index is -1.09. The van der Waals surface area contributed by atoms with Crippen molar-refractivity contribution >= 4 is 11.9 Å². The number of carboxylic acid groups (broad SMARTS) is 2. The van der Waals surface area contributed by atoms with Crippen LogP contribution in [0.25, 0.3) is 0 Å². The molecule has 33 heavy (non-hydrogen) atoms. The second kappa shape index (κ2) is 13.4. The third-order valence-electron chi connectivity index (χ3n) is 4.58. The van der Waals surface area contributed by atoms with E-state index in [1.54, 1.807) is 37.3 Å². The predicted molar refractivity (Wildman–Crippen MR) is 124 cm³/mol. The molecule has 2 aromatic rings. The monoisotopic (exact) mass is 462 g/mol. The summed E-state index contributed by atoms with van der Waals surface area (Å²) in [5, 5.41) is 52.2. The molecule has 3 unspecified atom stereocenters. The molecule has 0 spiro atoms. The molecule has 0 fully saturated rings. The van der Waals surface area contributed by atoms with Crippen molar-refractivity contribution in [2.75, 3.05) is 13.1 Å². The molecule has 7 N–H and O–H groups in total. The molecule has 2 aromatic carbocycles. The third-order valence-corrected chi connectivity index (χ3v) is 4.58. The molecule has 0 saturated heterocycles. The molecular formula is C24H34N2O7. The maximum atomic E-state index is 11.1. The summed E-state index contributed by atoms with van der Waals surface area (Å²) < 4.78 is 0. The van der Waals surface area contributed by atoms with E-state index in [4.69, 9.17) is 15.3 Å². The normalized spacial score (nSPS) is 13.5. The van der Waals surface area contributed by atoms with E-state index in [1.807, 2.05) is 20.8 Å². The first-order chi connectivity index (χ1) is 15.4. The Kier molecular flexibility index (Phi) is 11.3. The summed E-state index contributed by atoms with van der Waals surface area (Å²) in [5.74, 6) is -1.78. The Morgan fingerprint density at radius 1 is 0.818 bits per heavy atom. The van der Waals surface area contributed by atoms with Crippen molar-refractivity contribution in [3.63, 3.8) is 0 Å². The van der Waals surface area contributed by atoms with Gasteiger partial charge >= 0.3 is 11.9 Å². The van der Waals surface area contributed by atoms with Crippen LogP contribution in [-0.2, 0) is 9.59 Å². The average molecular weight is 463 g/mol. The number of rotatable bonds is 10. The van der Waals surface area contributed by atoms with Gasteiger partial charge in [0.2, 0.25) is 0 Å². The molecule has 9 heteroatoms. The van der Waals surface area contributed by atoms with Gasteiger partial charge in [-0.1, -0.05) is 49.7 Å². The number of nitrogens with one attached hydrogen (secondary N) is 2. The summed E-state index contributed by atoms with van der Waals surface area (Å²) in [4.78, 5) is 22.2. The average Bonchev–Trinajstić information content (AvgIpc) is 2.71. The highest BCUT2D eigenvalue weighted by atomic mass is 16.4. The molecule has 0 aliphatic carbocycles. The number of aromatic hydroxyl groups is 2. The summed E-state index contributed by atoms with van der Waals surface area (Å²) >= 11 is 0. The maximum Gasteiger partial charge on any atom is 0.325 e. The standard InChI is InChI=1S/C12H17NO4.C12H17NO3/c1-7-3-4-10(15)9(5-7)11(12(16)17)13-6-8(2)14;1-8(2)7-13-11(12(15)16)9-5-3-4-6-10(9)14/h3-5,8,11,13-15H,6H2,1-2H3,(H,16,17);3-6,8,11,13-14H,7H2,1-2H3,(H,15,16). The van der Waals surface area contributed by atoms with Gasteiger partial charge in [-0.25, -0.2) is 0 Å². The Morgan fingerprint density at radius 3 is 1.85 bits per heavy atom. The highest BCUT2D eigenvalue weighted by Crippen LogP contribution is 2.26. The fraction of sp³-hybridized carbons (Fsp3) is 0.417. The molecule has 0 radical (unpaired) electrons. The second-order valence-corrected chi connectivity index (χ2v) is 8.22. The summed E-state index contributed by atoms with van der Waals surface area (Å²) in [5.41, 5.74) is 1.57. The lowest BCUT2D eigenvalue weighted by Gasteiger charge is -2.17. The number of para-hydroxylation sites is 1. The van der Waals surface area contributed by atoms with Crippen molar-refractivity contribution < 1.29 is 35.1 Å². The number of aliphatic hydroxyl groups is 1. The Balaban J connectivity index is 0.000000331. The third kappa shape index (κ3) is 9.48. The molecule has 0 amide bonds. The molecule has 0 aliphatic rings. The molecule has 3 atom stereocenters. The van der Waals surface area contributed by atoms with Crippen molar-refractivity contribution in [3.8, 4) is 11.5 Å². The van der Waals surface area contributed by atoms with Crippen molar-refractivity contribution in [1.82, 2.24) is 10.6 Å². The van der Waals surface area contributed by atoms with Crippen LogP contribution in [0.1, 0.15) is 49.5 Å². The van der Waals surface area contributed by atoms with Crippen LogP contribution in [0.15, 0.2) is 42.5 Å². The quantitative estimate of drug-likeness (QED) is 0.282. The van der Waals surface area contributed by atoms with Gasteiger partial charge < -0.3 is 30.8 Å². The fourth-order valence-corrected chi connectivity index (χ4v) is 2.94. The van der Waals surface area contributed by atoms with Crippen LogP contribution in [-0.4, -0.2) is 56.7 Å². The lowest BCUT2D eigenvalue weighted by Crippen LogP contribution is -2.33. The van der Waals surface area contributed by atoms with Gasteiger partial charge in [0.15, 0.2) is 0 Å². The summed E-state index contributed by atoms with van der Waals surface area (Å²) in [7, 11) is 0. The lowest BCUT2D eigenvalue weighted by molar-refractivity contribution is -0.140. The molecular weight excluding hydrogens is 428 g/mol. The van der Waals surface area contributed by atoms with E-state index in [9.17, 15) is 19.8 Å². The van der Waals surface area contributed by atoms with Crippen molar-refractivity contribution in [2.45, 2.75) is 45.9 Å². The van der Waals surface area contributed by atoms with Crippen LogP contribution >= 0.6 is 0 Å². The van der Waals surface area contributed by atoms with Crippen molar-refractivity contribution in [1.29, 1.82) is 0 Å². The van der Waals surface area contributed by atoms with E-state index in [0.29, 0.717) is 23.6 Å². The Labute approximate surface area is 193 Å². The smallest absolute Gasteiger partial charge is 0.325 e. The first-order valence-electron chi connectivity index (χ1n) is 10.6. The van der Waals surface area contributed by atoms with E-state index >= 15 is 0 Å². The number of carboxylic acids is 2. The van der Waals surface area contributed by atoms with E-state index in [0.717, 1.165) is 5.56 Å². The molecule has 2 rings (SSSR count). The molecule has 0 aromatic heterocycles. The van der Waals surface area contributed by atoms with Gasteiger partial charge in [0.05, 0.1) is 6.10 Å². The lowest BCUT2D eigenvalue weighted by atomic mass is 10.0. The number of carbonyl (C=O) groups is 2. The maximum absolute atomic E-state index is 11.1. The minimum Gasteiger partial charge on any atom is -0.508 e. The summed E-state index contributed by atoms with van der Waals surface area (Å²) in [6, 6.07) is 9.37. The zero-order chi connectivity index (χ0) is 25.1. The fourth-order valence-electron chi connectivity index (χ4n) is 2.94. The summed E-state index contributed by atoms with van der Waals surface area (Å²) in [6.07, 6.45) is -0.649. The number of aliphatic carboxylic acids is 2. The number of phenols is 2. The second-order valence-electron chi connectivity index (χ2n) is 8.22. The number of phenolic OH excluding ortho intramolecular Hbond substituents is 2. The van der Waals surface area contributed by atoms with Crippen LogP contribution in [0.4, 0.5) is 0 Å². The SMILES string of the molecule is CC(C)CNC(C(=O)O)c1ccccc1O.Cc1ccc(O)c(C(NCC(C)O)C(=O)O)c1. The number of hydrogen-bond acceptors (Lipinski definition) is 7. The van der Waals surface area contributed by atoms with Crippen LogP contribution in [0.2, 0.25) is 0 Å². The van der Waals surface area contributed by atoms with Gasteiger partial charge in [-0.3, -0.25) is 14.9 Å². The van der Waals surface area contributed by atoms with Gasteiger partial charge in [-0.15, -0.1) is 0 Å². The summed E-state index contributed by atoms with van der Waals surface area (Å²) in [6.45, 7) is 8.10. The topological polar surface area (TPSA) is 159 Å². The van der Waals surface area contributed by atoms with E-state index in [1.165, 1.54) is 12.1 Å². The Bertz CT molecular complexity index is 915. The van der Waals surface area contributed by atoms with Crippen LogP contribution in [0.3, 0.4) is 0 Å². The van der Waals surface area contributed by atoms with E-state index < -0.39 is 30.1 Å². The number of aliphatic hydroxyl groups excluding tert-OH is 1. The van der Waals surface area contributed by atoms with E-state index in [2.05, 4.69) is 10.6 Å². The van der Waals surface area contributed by atoms with Crippen LogP contribution in [0, 0.1) is 12.8 Å². The first-order valence-corrected chi connectivity index (χ1v) is 10.6. The number of benzene rings is 2. The van der Waals surface area contributed by atoms with Gasteiger partial charge in [-0.2, -0.15) is 0 Å². The largest absolute Gasteiger partial charge is 0.508 e. The Morgan fingerprint density at radius 2 is 1.33 bits per heavy atom. The van der Waals surface area contributed by atoms with Gasteiger partial charge in [0, 0.05) is 17.7 Å². The first kappa shape index (κ1) is 27.9. The van der Waals surface area contributed by atoms with Crippen molar-refractivity contribution in [2.24, 2.45) is 5.92 Å². The molecule has 0 saturated carbocycles. The molecule has 182 valence electrons. The number of hydrogen-bond donors (Lipinski definition) is 7. The zero-order valence-electron chi connectivity index (χ0n) is 19.3. The highest BCUT2D eigenvalue weighted by molar-refractivity contribution is 5.77. The van der Waals surface area contributed by atoms with E-state index in [-0.39, 0.29) is 18.0 Å². The van der Waals surface area contributed by atoms with Gasteiger partial charge in [0.25, 0.3) is 0 Å². The molecule has 9 nitrogen and oxygen atoms in total. The molecule has 0 bridgehead atoms. The number of aryl methyl sites for hydroxylation is 1. The molecule has 0 heterocycles. The Hall–Kier alpha value is -3.14. The highest BCUT2D eigenvalue weighted by Gasteiger charge is 2.23. The minimum absolute atomic E-state index is 0.00570. The zero-order valence-corrected chi connectivity index (χ0v) is 19.3. The van der Waals surface area contributed by atoms with Crippen LogP contribution < -0.4 is 10.6 Å². The van der Waals surface area contributed by atoms with Crippen molar-refractivity contribution in [3.05, 3.63) is 59.2 Å².